The van der Waals surface area contributed by atoms with E-state index in [1.807, 2.05) is 25.6 Å². The van der Waals surface area contributed by atoms with Gasteiger partial charge in [-0.05, 0) is 72.4 Å². The van der Waals surface area contributed by atoms with Crippen LogP contribution in [0, 0.1) is 5.92 Å². The first-order chi connectivity index (χ1) is 12.4. The topological polar surface area (TPSA) is 29.1 Å². The Morgan fingerprint density at radius 2 is 2.00 bits per heavy atom. The van der Waals surface area contributed by atoms with Crippen LogP contribution in [-0.4, -0.2) is 11.5 Å². The van der Waals surface area contributed by atoms with E-state index in [0.717, 1.165) is 23.3 Å². The third-order valence-corrected chi connectivity index (χ3v) is 7.39. The molecule has 1 atom stereocenters. The Balaban J connectivity index is 2.46. The van der Waals surface area contributed by atoms with Crippen LogP contribution < -0.4 is 4.72 Å². The summed E-state index contributed by atoms with van der Waals surface area (Å²) in [6.07, 6.45) is 4.01. The van der Waals surface area contributed by atoms with E-state index in [-0.39, 0.29) is 5.78 Å². The first-order valence-electron chi connectivity index (χ1n) is 9.46. The molecule has 1 aliphatic heterocycles. The Kier molecular flexibility index (Phi) is 7.90. The Labute approximate surface area is 167 Å². The Hall–Kier alpha value is -1.13. The van der Waals surface area contributed by atoms with Crippen molar-refractivity contribution < 1.29 is 4.79 Å². The number of carbonyl (C=O) groups excluding carboxylic acids is 1. The van der Waals surface area contributed by atoms with Crippen molar-refractivity contribution in [3.05, 3.63) is 45.2 Å². The van der Waals surface area contributed by atoms with Gasteiger partial charge in [-0.25, -0.2) is 0 Å². The maximum Gasteiger partial charge on any atom is 0.158 e. The fraction of sp³-hybridized carbons (Fsp3) is 0.500. The van der Waals surface area contributed by atoms with Crippen LogP contribution in [0.5, 0.6) is 0 Å². The van der Waals surface area contributed by atoms with Gasteiger partial charge >= 0.3 is 0 Å². The molecule has 0 amide bonds. The van der Waals surface area contributed by atoms with Gasteiger partial charge in [0.1, 0.15) is 0 Å². The van der Waals surface area contributed by atoms with Crippen LogP contribution in [0.4, 0.5) is 5.69 Å². The molecule has 1 aromatic carbocycles. The smallest absolute Gasteiger partial charge is 0.158 e. The van der Waals surface area contributed by atoms with Crippen molar-refractivity contribution in [3.63, 3.8) is 0 Å². The molecule has 2 rings (SSSR count). The highest BCUT2D eigenvalue weighted by molar-refractivity contribution is 8.23. The number of nitrogens with one attached hydrogen (secondary N) is 1. The molecule has 1 aromatic rings. The Morgan fingerprint density at radius 3 is 2.58 bits per heavy atom. The van der Waals surface area contributed by atoms with Gasteiger partial charge in [-0.2, -0.15) is 0 Å². The number of hydrogen-bond acceptors (Lipinski definition) is 4. The molecular formula is C22H31NOS2. The largest absolute Gasteiger partial charge is 0.325 e. The zero-order valence-electron chi connectivity index (χ0n) is 16.8. The number of Topliss-reactive ketones (excluding diaryl/α,β-unsaturated/α-hetero) is 1. The molecule has 0 fully saturated rings. The molecule has 0 bridgehead atoms. The van der Waals surface area contributed by atoms with Gasteiger partial charge < -0.3 is 4.72 Å². The van der Waals surface area contributed by atoms with Crippen molar-refractivity contribution in [2.75, 3.05) is 10.5 Å². The van der Waals surface area contributed by atoms with Crippen molar-refractivity contribution in [2.24, 2.45) is 5.92 Å². The Bertz CT molecular complexity index is 719. The number of benzene rings is 1. The van der Waals surface area contributed by atoms with Crippen molar-refractivity contribution in [2.45, 2.75) is 60.3 Å². The number of carbonyl (C=O) groups is 1. The van der Waals surface area contributed by atoms with E-state index in [0.29, 0.717) is 18.3 Å². The van der Waals surface area contributed by atoms with Gasteiger partial charge in [0.25, 0.3) is 0 Å². The second kappa shape index (κ2) is 9.70. The van der Waals surface area contributed by atoms with E-state index in [1.54, 1.807) is 11.9 Å². The van der Waals surface area contributed by atoms with E-state index >= 15 is 0 Å². The van der Waals surface area contributed by atoms with Crippen molar-refractivity contribution in [1.29, 1.82) is 0 Å². The standard InChI is InChI=1S/C22H31NOS2/c1-7-20(24)17(6)16(5)18-10-8-11-19(22(18)15(4)14(2)3)23-26-21-12-9-13-25-21/h8,10-12,14-15,23H,7,9,13H2,1-6H3/b17-16+. The lowest BCUT2D eigenvalue weighted by molar-refractivity contribution is -0.115. The fourth-order valence-corrected chi connectivity index (χ4v) is 4.93. The summed E-state index contributed by atoms with van der Waals surface area (Å²) in [6.45, 7) is 12.8. The van der Waals surface area contributed by atoms with Crippen LogP contribution in [0.15, 0.2) is 34.1 Å². The first-order valence-corrected chi connectivity index (χ1v) is 11.3. The highest BCUT2D eigenvalue weighted by Gasteiger charge is 2.21. The molecular weight excluding hydrogens is 358 g/mol. The predicted molar refractivity (Wildman–Crippen MR) is 120 cm³/mol. The minimum Gasteiger partial charge on any atom is -0.325 e. The summed E-state index contributed by atoms with van der Waals surface area (Å²) in [5, 5.41) is 0. The summed E-state index contributed by atoms with van der Waals surface area (Å²) in [5.41, 5.74) is 5.66. The lowest BCUT2D eigenvalue weighted by Crippen LogP contribution is -2.09. The molecule has 4 heteroatoms. The Morgan fingerprint density at radius 1 is 1.27 bits per heavy atom. The summed E-state index contributed by atoms with van der Waals surface area (Å²) in [6, 6.07) is 6.42. The molecule has 142 valence electrons. The molecule has 0 saturated heterocycles. The third-order valence-electron chi connectivity index (χ3n) is 5.20. The predicted octanol–water partition coefficient (Wildman–Crippen LogP) is 7.26. The number of rotatable bonds is 8. The van der Waals surface area contributed by atoms with E-state index in [1.165, 1.54) is 21.1 Å². The molecule has 26 heavy (non-hydrogen) atoms. The number of ketones is 1. The second-order valence-electron chi connectivity index (χ2n) is 7.19. The quantitative estimate of drug-likeness (QED) is 0.374. The highest BCUT2D eigenvalue weighted by Crippen LogP contribution is 2.40. The van der Waals surface area contributed by atoms with Gasteiger partial charge in [0.15, 0.2) is 5.78 Å². The average molecular weight is 390 g/mol. The summed E-state index contributed by atoms with van der Waals surface area (Å²) < 4.78 is 4.94. The first kappa shape index (κ1) is 21.2. The number of thioether (sulfide) groups is 1. The zero-order valence-corrected chi connectivity index (χ0v) is 18.4. The van der Waals surface area contributed by atoms with Gasteiger partial charge in [-0.3, -0.25) is 4.79 Å². The minimum atomic E-state index is 0.228. The third kappa shape index (κ3) is 4.98. The van der Waals surface area contributed by atoms with Crippen LogP contribution in [0.25, 0.3) is 5.57 Å². The van der Waals surface area contributed by atoms with Crippen molar-refractivity contribution in [1.82, 2.24) is 0 Å². The van der Waals surface area contributed by atoms with Gasteiger partial charge in [-0.1, -0.05) is 45.9 Å². The summed E-state index contributed by atoms with van der Waals surface area (Å²) in [5.74, 6) is 2.33. The maximum atomic E-state index is 12.2. The molecule has 1 aliphatic rings. The molecule has 0 saturated carbocycles. The van der Waals surface area contributed by atoms with Crippen LogP contribution >= 0.6 is 23.7 Å². The number of anilines is 1. The number of allylic oxidation sites excluding steroid dienone is 3. The van der Waals surface area contributed by atoms with Crippen LogP contribution in [0.1, 0.15) is 71.4 Å². The van der Waals surface area contributed by atoms with Crippen molar-refractivity contribution in [3.8, 4) is 0 Å². The summed E-state index contributed by atoms with van der Waals surface area (Å²) >= 11 is 3.62. The van der Waals surface area contributed by atoms with Gasteiger partial charge in [0.05, 0.1) is 4.24 Å². The van der Waals surface area contributed by atoms with E-state index in [9.17, 15) is 4.79 Å². The highest BCUT2D eigenvalue weighted by atomic mass is 32.2. The van der Waals surface area contributed by atoms with Gasteiger partial charge in [0, 0.05) is 17.9 Å². The lowest BCUT2D eigenvalue weighted by atomic mass is 9.83. The molecule has 0 spiro atoms. The van der Waals surface area contributed by atoms with Crippen LogP contribution in [-0.2, 0) is 4.79 Å². The summed E-state index contributed by atoms with van der Waals surface area (Å²) in [7, 11) is 0. The normalized spacial score (nSPS) is 16.3. The molecule has 0 aromatic heterocycles. The molecule has 1 heterocycles. The molecule has 0 radical (unpaired) electrons. The SMILES string of the molecule is CCC(=O)/C(C)=C(\C)c1cccc(NSC2=CCCS2)c1C(C)C(C)C. The fourth-order valence-electron chi connectivity index (χ4n) is 3.05. The van der Waals surface area contributed by atoms with E-state index in [4.69, 9.17) is 0 Å². The van der Waals surface area contributed by atoms with Crippen LogP contribution in [0.3, 0.4) is 0 Å². The van der Waals surface area contributed by atoms with Crippen molar-refractivity contribution >= 4 is 40.8 Å². The summed E-state index contributed by atoms with van der Waals surface area (Å²) in [4.78, 5) is 12.2. The number of hydrogen-bond donors (Lipinski definition) is 1. The molecule has 0 aliphatic carbocycles. The second-order valence-corrected chi connectivity index (χ2v) is 9.43. The average Bonchev–Trinajstić information content (AvgIpc) is 3.16. The maximum absolute atomic E-state index is 12.2. The van der Waals surface area contributed by atoms with Gasteiger partial charge in [0.2, 0.25) is 0 Å². The van der Waals surface area contributed by atoms with E-state index < -0.39 is 0 Å². The molecule has 1 unspecified atom stereocenters. The van der Waals surface area contributed by atoms with E-state index in [2.05, 4.69) is 56.7 Å². The lowest BCUT2D eigenvalue weighted by Gasteiger charge is -2.25. The molecule has 1 N–H and O–H groups in total. The minimum absolute atomic E-state index is 0.228. The molecule has 2 nitrogen and oxygen atoms in total. The van der Waals surface area contributed by atoms with Gasteiger partial charge in [-0.15, -0.1) is 11.8 Å². The zero-order chi connectivity index (χ0) is 19.3. The monoisotopic (exact) mass is 389 g/mol. The van der Waals surface area contributed by atoms with Crippen LogP contribution in [0.2, 0.25) is 0 Å².